The Hall–Kier alpha value is -5.08. The van der Waals surface area contributed by atoms with Crippen LogP contribution in [0.15, 0.2) is 187 Å². The summed E-state index contributed by atoms with van der Waals surface area (Å²) >= 11 is 0. The summed E-state index contributed by atoms with van der Waals surface area (Å²) in [6.07, 6.45) is 41.4. The molecule has 0 unspecified atom stereocenters. The highest BCUT2D eigenvalue weighted by molar-refractivity contribution is 5.74. The molecule has 0 bridgehead atoms. The number of nitrogens with two attached hydrogens (primary N) is 2. The van der Waals surface area contributed by atoms with Crippen molar-refractivity contribution in [3.63, 3.8) is 0 Å². The summed E-state index contributed by atoms with van der Waals surface area (Å²) in [7, 11) is 0. The van der Waals surface area contributed by atoms with Gasteiger partial charge in [-0.15, -0.1) is 0 Å². The van der Waals surface area contributed by atoms with Crippen molar-refractivity contribution < 1.29 is 0 Å². The van der Waals surface area contributed by atoms with E-state index in [2.05, 4.69) is 73.7 Å². The highest BCUT2D eigenvalue weighted by Gasteiger charge is 2.05. The van der Waals surface area contributed by atoms with Crippen molar-refractivity contribution in [2.24, 2.45) is 11.5 Å². The number of hydrogen-bond donors (Lipinski definition) is 2. The van der Waals surface area contributed by atoms with E-state index < -0.39 is 0 Å². The summed E-state index contributed by atoms with van der Waals surface area (Å²) in [6.45, 7) is 6.10. The van der Waals surface area contributed by atoms with Crippen LogP contribution in [0, 0.1) is 6.92 Å². The molecular weight excluding hydrogens is 496 g/mol. The van der Waals surface area contributed by atoms with Gasteiger partial charge >= 0.3 is 0 Å². The standard InChI is InChI=1S/C39H42N2/c1-4-6-8-10-13-18-25-37(34(23-16-9-7-5-2)24-17-14-11-12-15-19-29-40)32-39(41)38-28-21-27-36(31-38)35-26-20-22-33(3)30-35/h4-32H,40-41H2,1-3H3/b6-4+,7-5-,10-8-,14-11+,15-12-,16-9-,18-13-,24-17+,29-19-,34-23+,37-25+,39-32-. The number of hydrogen-bond acceptors (Lipinski definition) is 2. The summed E-state index contributed by atoms with van der Waals surface area (Å²) in [5.41, 5.74) is 19.3. The zero-order valence-corrected chi connectivity index (χ0v) is 24.4. The highest BCUT2D eigenvalue weighted by Crippen LogP contribution is 2.25. The van der Waals surface area contributed by atoms with Gasteiger partial charge in [-0.25, -0.2) is 0 Å². The molecule has 0 saturated heterocycles. The Morgan fingerprint density at radius 2 is 1.12 bits per heavy atom. The van der Waals surface area contributed by atoms with Crippen LogP contribution in [-0.2, 0) is 0 Å². The second kappa shape index (κ2) is 19.9. The predicted octanol–water partition coefficient (Wildman–Crippen LogP) is 9.78. The van der Waals surface area contributed by atoms with Crippen LogP contribution in [0.5, 0.6) is 0 Å². The normalized spacial score (nSPS) is 14.5. The second-order valence-corrected chi connectivity index (χ2v) is 9.01. The summed E-state index contributed by atoms with van der Waals surface area (Å²) in [4.78, 5) is 0. The first-order chi connectivity index (χ1) is 20.1. The zero-order chi connectivity index (χ0) is 29.5. The molecule has 0 aliphatic heterocycles. The summed E-state index contributed by atoms with van der Waals surface area (Å²) in [5, 5.41) is 0. The molecule has 0 aromatic heterocycles. The van der Waals surface area contributed by atoms with Gasteiger partial charge in [-0.1, -0.05) is 157 Å². The van der Waals surface area contributed by atoms with Crippen molar-refractivity contribution in [1.29, 1.82) is 0 Å². The molecule has 0 aliphatic carbocycles. The van der Waals surface area contributed by atoms with Gasteiger partial charge in [0, 0.05) is 5.70 Å². The van der Waals surface area contributed by atoms with E-state index in [1.165, 1.54) is 17.3 Å². The molecule has 0 spiro atoms. The zero-order valence-electron chi connectivity index (χ0n) is 24.4. The van der Waals surface area contributed by atoms with Crippen LogP contribution in [0.2, 0.25) is 0 Å². The Morgan fingerprint density at radius 3 is 1.78 bits per heavy atom. The Morgan fingerprint density at radius 1 is 0.585 bits per heavy atom. The van der Waals surface area contributed by atoms with Crippen molar-refractivity contribution in [1.82, 2.24) is 0 Å². The van der Waals surface area contributed by atoms with E-state index in [9.17, 15) is 0 Å². The van der Waals surface area contributed by atoms with Crippen LogP contribution in [0.25, 0.3) is 16.8 Å². The van der Waals surface area contributed by atoms with E-state index in [1.54, 1.807) is 6.08 Å². The van der Waals surface area contributed by atoms with Crippen molar-refractivity contribution in [3.8, 4) is 11.1 Å². The fraction of sp³-hybridized carbons (Fsp3) is 0.0769. The smallest absolute Gasteiger partial charge is 0.0394 e. The maximum Gasteiger partial charge on any atom is 0.0394 e. The van der Waals surface area contributed by atoms with Gasteiger partial charge in [0.25, 0.3) is 0 Å². The molecule has 0 saturated carbocycles. The molecule has 0 atom stereocenters. The van der Waals surface area contributed by atoms with Crippen molar-refractivity contribution in [2.45, 2.75) is 20.8 Å². The SMILES string of the molecule is C/C=C\C=C/C=C(\C=C\C=C\C=C/C=C\N)C(/C=C(\N)c1cccc(-c2cccc(C)c2)c1)=C/C=C\C=C/C=C/C. The average molecular weight is 539 g/mol. The molecule has 0 amide bonds. The average Bonchev–Trinajstić information content (AvgIpc) is 2.99. The molecule has 2 aromatic carbocycles. The lowest BCUT2D eigenvalue weighted by atomic mass is 9.98. The summed E-state index contributed by atoms with van der Waals surface area (Å²) in [5.74, 6) is 0. The predicted molar refractivity (Wildman–Crippen MR) is 183 cm³/mol. The van der Waals surface area contributed by atoms with E-state index in [0.29, 0.717) is 5.70 Å². The van der Waals surface area contributed by atoms with Gasteiger partial charge in [0.05, 0.1) is 0 Å². The Kier molecular flexibility index (Phi) is 15.6. The van der Waals surface area contributed by atoms with E-state index >= 15 is 0 Å². The maximum absolute atomic E-state index is 6.73. The molecule has 2 nitrogen and oxygen atoms in total. The fourth-order valence-electron chi connectivity index (χ4n) is 3.71. The lowest BCUT2D eigenvalue weighted by Crippen LogP contribution is -1.98. The molecule has 208 valence electrons. The first-order valence-corrected chi connectivity index (χ1v) is 13.8. The first kappa shape index (κ1) is 32.1. The number of allylic oxidation sites excluding steroid dienone is 22. The minimum Gasteiger partial charge on any atom is -0.405 e. The van der Waals surface area contributed by atoms with E-state index in [1.807, 2.05) is 111 Å². The Balaban J connectivity index is 2.55. The van der Waals surface area contributed by atoms with Crippen LogP contribution >= 0.6 is 0 Å². The summed E-state index contributed by atoms with van der Waals surface area (Å²) in [6, 6.07) is 16.9. The van der Waals surface area contributed by atoms with Crippen molar-refractivity contribution in [3.05, 3.63) is 199 Å². The lowest BCUT2D eigenvalue weighted by molar-refractivity contribution is 1.45. The molecule has 4 N–H and O–H groups in total. The third-order valence-corrected chi connectivity index (χ3v) is 5.74. The highest BCUT2D eigenvalue weighted by atomic mass is 14.6. The van der Waals surface area contributed by atoms with Gasteiger partial charge in [0.2, 0.25) is 0 Å². The fourth-order valence-corrected chi connectivity index (χ4v) is 3.71. The number of rotatable bonds is 13. The van der Waals surface area contributed by atoms with Gasteiger partial charge in [-0.3, -0.25) is 0 Å². The topological polar surface area (TPSA) is 52.0 Å². The maximum atomic E-state index is 6.73. The van der Waals surface area contributed by atoms with Crippen LogP contribution in [-0.4, -0.2) is 0 Å². The van der Waals surface area contributed by atoms with E-state index in [-0.39, 0.29) is 0 Å². The summed E-state index contributed by atoms with van der Waals surface area (Å²) < 4.78 is 0. The molecule has 41 heavy (non-hydrogen) atoms. The molecule has 0 heterocycles. The van der Waals surface area contributed by atoms with Crippen LogP contribution < -0.4 is 11.5 Å². The quantitative estimate of drug-likeness (QED) is 0.249. The van der Waals surface area contributed by atoms with E-state index in [4.69, 9.17) is 11.5 Å². The lowest BCUT2D eigenvalue weighted by Gasteiger charge is -2.09. The first-order valence-electron chi connectivity index (χ1n) is 13.8. The monoisotopic (exact) mass is 538 g/mol. The van der Waals surface area contributed by atoms with Gasteiger partial charge in [-0.2, -0.15) is 0 Å². The van der Waals surface area contributed by atoms with Crippen molar-refractivity contribution in [2.75, 3.05) is 0 Å². The largest absolute Gasteiger partial charge is 0.405 e. The van der Waals surface area contributed by atoms with Gasteiger partial charge in [0.15, 0.2) is 0 Å². The third kappa shape index (κ3) is 13.0. The molecule has 2 aromatic rings. The molecule has 0 radical (unpaired) electrons. The Bertz CT molecular complexity index is 1460. The molecular formula is C39H42N2. The Labute approximate surface area is 247 Å². The number of aryl methyl sites for hydroxylation is 1. The van der Waals surface area contributed by atoms with Gasteiger partial charge in [-0.05, 0) is 73.0 Å². The van der Waals surface area contributed by atoms with Crippen molar-refractivity contribution >= 4 is 5.70 Å². The molecule has 2 heteroatoms. The number of benzene rings is 2. The van der Waals surface area contributed by atoms with Gasteiger partial charge in [0.1, 0.15) is 0 Å². The second-order valence-electron chi connectivity index (χ2n) is 9.01. The van der Waals surface area contributed by atoms with E-state index in [0.717, 1.165) is 22.3 Å². The molecule has 0 fully saturated rings. The van der Waals surface area contributed by atoms with Crippen LogP contribution in [0.1, 0.15) is 25.0 Å². The minimum absolute atomic E-state index is 0.687. The van der Waals surface area contributed by atoms with Crippen LogP contribution in [0.4, 0.5) is 0 Å². The third-order valence-electron chi connectivity index (χ3n) is 5.74. The molecule has 2 rings (SSSR count). The van der Waals surface area contributed by atoms with Gasteiger partial charge < -0.3 is 11.5 Å². The minimum atomic E-state index is 0.687. The van der Waals surface area contributed by atoms with Crippen LogP contribution in [0.3, 0.4) is 0 Å². The molecule has 0 aliphatic rings.